The monoisotopic (exact) mass is 282 g/mol. The standard InChI is InChI=1S/C12H15ClN4O2/c1-17-6-7(4-16-17)11-10(14)9(8(13)5-15-11)12(18-2)19-3/h4-6,12H,14H2,1-3H3. The third-order valence-corrected chi connectivity index (χ3v) is 3.05. The van der Waals surface area contributed by atoms with Crippen molar-refractivity contribution in [2.24, 2.45) is 7.05 Å². The molecular formula is C12H15ClN4O2. The Kier molecular flexibility index (Phi) is 4.04. The topological polar surface area (TPSA) is 75.2 Å². The molecular weight excluding hydrogens is 268 g/mol. The number of hydrogen-bond donors (Lipinski definition) is 1. The maximum Gasteiger partial charge on any atom is 0.186 e. The van der Waals surface area contributed by atoms with Gasteiger partial charge in [-0.25, -0.2) is 0 Å². The molecule has 2 heterocycles. The number of hydrogen-bond acceptors (Lipinski definition) is 5. The number of anilines is 1. The van der Waals surface area contributed by atoms with Crippen molar-refractivity contribution in [3.05, 3.63) is 29.2 Å². The van der Waals surface area contributed by atoms with Gasteiger partial charge in [0.15, 0.2) is 6.29 Å². The SMILES string of the molecule is COC(OC)c1c(Cl)cnc(-c2cnn(C)c2)c1N. The van der Waals surface area contributed by atoms with Gasteiger partial charge in [-0.2, -0.15) is 5.10 Å². The summed E-state index contributed by atoms with van der Waals surface area (Å²) < 4.78 is 12.1. The van der Waals surface area contributed by atoms with E-state index in [1.165, 1.54) is 20.4 Å². The van der Waals surface area contributed by atoms with Crippen LogP contribution in [0, 0.1) is 0 Å². The van der Waals surface area contributed by atoms with E-state index >= 15 is 0 Å². The number of nitrogen functional groups attached to an aromatic ring is 1. The van der Waals surface area contributed by atoms with E-state index in [1.54, 1.807) is 10.9 Å². The molecule has 0 aliphatic carbocycles. The van der Waals surface area contributed by atoms with Crippen molar-refractivity contribution in [3.8, 4) is 11.3 Å². The van der Waals surface area contributed by atoms with Crippen LogP contribution in [-0.2, 0) is 16.5 Å². The van der Waals surface area contributed by atoms with Gasteiger partial charge in [0.2, 0.25) is 0 Å². The normalized spacial score (nSPS) is 11.2. The van der Waals surface area contributed by atoms with Crippen LogP contribution in [0.1, 0.15) is 11.9 Å². The number of ether oxygens (including phenoxy) is 2. The molecule has 0 saturated carbocycles. The van der Waals surface area contributed by atoms with Crippen LogP contribution < -0.4 is 5.73 Å². The summed E-state index contributed by atoms with van der Waals surface area (Å²) in [6, 6.07) is 0. The largest absolute Gasteiger partial charge is 0.397 e. The molecule has 19 heavy (non-hydrogen) atoms. The average molecular weight is 283 g/mol. The summed E-state index contributed by atoms with van der Waals surface area (Å²) in [5.41, 5.74) is 8.54. The fourth-order valence-electron chi connectivity index (χ4n) is 1.86. The van der Waals surface area contributed by atoms with Gasteiger partial charge < -0.3 is 15.2 Å². The molecule has 0 spiro atoms. The van der Waals surface area contributed by atoms with Crippen molar-refractivity contribution < 1.29 is 9.47 Å². The van der Waals surface area contributed by atoms with Crippen molar-refractivity contribution >= 4 is 17.3 Å². The fraction of sp³-hybridized carbons (Fsp3) is 0.333. The summed E-state index contributed by atoms with van der Waals surface area (Å²) in [6.07, 6.45) is 4.40. The van der Waals surface area contributed by atoms with E-state index in [0.717, 1.165) is 5.56 Å². The minimum atomic E-state index is -0.633. The number of rotatable bonds is 4. The van der Waals surface area contributed by atoms with Gasteiger partial charge in [0.05, 0.1) is 28.2 Å². The molecule has 0 amide bonds. The fourth-order valence-corrected chi connectivity index (χ4v) is 2.10. The van der Waals surface area contributed by atoms with Gasteiger partial charge in [0.1, 0.15) is 0 Å². The van der Waals surface area contributed by atoms with E-state index in [9.17, 15) is 0 Å². The van der Waals surface area contributed by atoms with Crippen LogP contribution in [0.5, 0.6) is 0 Å². The number of halogens is 1. The second-order valence-corrected chi connectivity index (χ2v) is 4.40. The van der Waals surface area contributed by atoms with E-state index in [4.69, 9.17) is 26.8 Å². The first-order valence-corrected chi connectivity index (χ1v) is 5.94. The van der Waals surface area contributed by atoms with Crippen molar-refractivity contribution in [2.45, 2.75) is 6.29 Å². The summed E-state index contributed by atoms with van der Waals surface area (Å²) in [6.45, 7) is 0. The van der Waals surface area contributed by atoms with Crippen molar-refractivity contribution in [3.63, 3.8) is 0 Å². The number of nitrogens with two attached hydrogens (primary N) is 1. The van der Waals surface area contributed by atoms with Crippen LogP contribution in [0.2, 0.25) is 5.02 Å². The number of nitrogens with zero attached hydrogens (tertiary/aromatic N) is 3. The summed E-state index contributed by atoms with van der Waals surface area (Å²) >= 11 is 6.12. The predicted octanol–water partition coefficient (Wildman–Crippen LogP) is 2.01. The van der Waals surface area contributed by atoms with E-state index in [1.807, 2.05) is 13.2 Å². The minimum absolute atomic E-state index is 0.402. The van der Waals surface area contributed by atoms with Crippen LogP contribution in [-0.4, -0.2) is 29.0 Å². The van der Waals surface area contributed by atoms with Crippen LogP contribution in [0.25, 0.3) is 11.3 Å². The van der Waals surface area contributed by atoms with Gasteiger partial charge in [0.25, 0.3) is 0 Å². The van der Waals surface area contributed by atoms with Gasteiger partial charge >= 0.3 is 0 Å². The van der Waals surface area contributed by atoms with Gasteiger partial charge in [-0.05, 0) is 0 Å². The molecule has 0 saturated heterocycles. The molecule has 0 aliphatic heterocycles. The van der Waals surface area contributed by atoms with Crippen LogP contribution in [0.3, 0.4) is 0 Å². The highest BCUT2D eigenvalue weighted by Crippen LogP contribution is 2.36. The van der Waals surface area contributed by atoms with Crippen LogP contribution in [0.4, 0.5) is 5.69 Å². The zero-order valence-electron chi connectivity index (χ0n) is 10.9. The lowest BCUT2D eigenvalue weighted by Crippen LogP contribution is -2.09. The Labute approximate surface area is 116 Å². The molecule has 0 bridgehead atoms. The molecule has 2 aromatic rings. The lowest BCUT2D eigenvalue weighted by Gasteiger charge is -2.18. The van der Waals surface area contributed by atoms with Crippen LogP contribution in [0.15, 0.2) is 18.6 Å². The summed E-state index contributed by atoms with van der Waals surface area (Å²) in [4.78, 5) is 4.25. The Morgan fingerprint density at radius 3 is 2.53 bits per heavy atom. The highest BCUT2D eigenvalue weighted by Gasteiger charge is 2.21. The molecule has 0 fully saturated rings. The third kappa shape index (κ3) is 2.56. The molecule has 0 aromatic carbocycles. The van der Waals surface area contributed by atoms with Crippen molar-refractivity contribution in [1.29, 1.82) is 0 Å². The smallest absolute Gasteiger partial charge is 0.186 e. The number of pyridine rings is 1. The highest BCUT2D eigenvalue weighted by molar-refractivity contribution is 6.31. The number of methoxy groups -OCH3 is 2. The van der Waals surface area contributed by atoms with Gasteiger partial charge in [-0.1, -0.05) is 11.6 Å². The molecule has 0 radical (unpaired) electrons. The molecule has 2 rings (SSSR count). The Morgan fingerprint density at radius 2 is 2.00 bits per heavy atom. The van der Waals surface area contributed by atoms with Crippen molar-refractivity contribution in [2.75, 3.05) is 20.0 Å². The molecule has 0 atom stereocenters. The highest BCUT2D eigenvalue weighted by atomic mass is 35.5. The lowest BCUT2D eigenvalue weighted by molar-refractivity contribution is -0.105. The summed E-state index contributed by atoms with van der Waals surface area (Å²) in [5.74, 6) is 0. The Hall–Kier alpha value is -1.63. The Morgan fingerprint density at radius 1 is 1.32 bits per heavy atom. The van der Waals surface area contributed by atoms with E-state index in [-0.39, 0.29) is 0 Å². The van der Waals surface area contributed by atoms with Crippen molar-refractivity contribution in [1.82, 2.24) is 14.8 Å². The number of aromatic nitrogens is 3. The summed E-state index contributed by atoms with van der Waals surface area (Å²) in [5, 5.41) is 4.50. The van der Waals surface area contributed by atoms with E-state index < -0.39 is 6.29 Å². The van der Waals surface area contributed by atoms with E-state index in [2.05, 4.69) is 10.1 Å². The zero-order valence-corrected chi connectivity index (χ0v) is 11.7. The second kappa shape index (κ2) is 5.56. The molecule has 0 aliphatic rings. The zero-order chi connectivity index (χ0) is 14.0. The number of aryl methyl sites for hydroxylation is 1. The molecule has 2 aromatic heterocycles. The summed E-state index contributed by atoms with van der Waals surface area (Å²) in [7, 11) is 4.87. The molecule has 7 heteroatoms. The van der Waals surface area contributed by atoms with Gasteiger partial charge in [0, 0.05) is 39.2 Å². The molecule has 102 valence electrons. The first kappa shape index (κ1) is 13.8. The Bertz CT molecular complexity index is 581. The molecule has 6 nitrogen and oxygen atoms in total. The second-order valence-electron chi connectivity index (χ2n) is 3.99. The van der Waals surface area contributed by atoms with Gasteiger partial charge in [-0.3, -0.25) is 9.67 Å². The molecule has 2 N–H and O–H groups in total. The maximum absolute atomic E-state index is 6.13. The molecule has 0 unspecified atom stereocenters. The van der Waals surface area contributed by atoms with Gasteiger partial charge in [-0.15, -0.1) is 0 Å². The minimum Gasteiger partial charge on any atom is -0.397 e. The average Bonchev–Trinajstić information content (AvgIpc) is 2.81. The van der Waals surface area contributed by atoms with E-state index in [0.29, 0.717) is 22.0 Å². The third-order valence-electron chi connectivity index (χ3n) is 2.75. The first-order chi connectivity index (χ1) is 9.08. The maximum atomic E-state index is 6.13. The Balaban J connectivity index is 2.56. The quantitative estimate of drug-likeness (QED) is 0.868. The lowest BCUT2D eigenvalue weighted by atomic mass is 10.1. The predicted molar refractivity (Wildman–Crippen MR) is 72.6 cm³/mol. The first-order valence-electron chi connectivity index (χ1n) is 5.57. The van der Waals surface area contributed by atoms with Crippen LogP contribution >= 0.6 is 11.6 Å².